The molecule has 1 aliphatic rings. The highest BCUT2D eigenvalue weighted by molar-refractivity contribution is 5.96. The van der Waals surface area contributed by atoms with Gasteiger partial charge in [-0.2, -0.15) is 0 Å². The van der Waals surface area contributed by atoms with E-state index in [-0.39, 0.29) is 12.5 Å². The fourth-order valence-corrected chi connectivity index (χ4v) is 3.18. The minimum Gasteiger partial charge on any atom is -0.455 e. The normalized spacial score (nSPS) is 13.8. The molecule has 0 saturated carbocycles. The van der Waals surface area contributed by atoms with Gasteiger partial charge in [0, 0.05) is 24.2 Å². The summed E-state index contributed by atoms with van der Waals surface area (Å²) in [5.74, 6) is 0.798. The average Bonchev–Trinajstić information content (AvgIpc) is 3.32. The standard InChI is InChI=1S/C22H20N2O4/c1-15-19(23-21(28-15)16-6-3-2-4-7-16)14-27-22(26)17-9-11-18(12-10-17)24-13-5-8-20(24)25/h2-4,6-7,9-12H,5,8,13-14H2,1H3. The van der Waals surface area contributed by atoms with Crippen LogP contribution in [0.2, 0.25) is 0 Å². The lowest BCUT2D eigenvalue weighted by molar-refractivity contribution is -0.117. The van der Waals surface area contributed by atoms with Crippen LogP contribution in [-0.4, -0.2) is 23.4 Å². The smallest absolute Gasteiger partial charge is 0.338 e. The molecule has 0 radical (unpaired) electrons. The van der Waals surface area contributed by atoms with Gasteiger partial charge in [-0.25, -0.2) is 9.78 Å². The fraction of sp³-hybridized carbons (Fsp3) is 0.227. The van der Waals surface area contributed by atoms with Crippen molar-refractivity contribution >= 4 is 17.6 Å². The zero-order chi connectivity index (χ0) is 19.5. The SMILES string of the molecule is Cc1oc(-c2ccccc2)nc1COC(=O)c1ccc(N2CCCC2=O)cc1. The summed E-state index contributed by atoms with van der Waals surface area (Å²) in [5.41, 5.74) is 2.69. The van der Waals surface area contributed by atoms with Crippen LogP contribution in [0.4, 0.5) is 5.69 Å². The van der Waals surface area contributed by atoms with Crippen molar-refractivity contribution in [2.75, 3.05) is 11.4 Å². The van der Waals surface area contributed by atoms with Crippen molar-refractivity contribution in [1.82, 2.24) is 4.98 Å². The van der Waals surface area contributed by atoms with Gasteiger partial charge in [0.15, 0.2) is 0 Å². The van der Waals surface area contributed by atoms with Crippen LogP contribution in [-0.2, 0) is 16.1 Å². The maximum absolute atomic E-state index is 12.3. The van der Waals surface area contributed by atoms with Crippen molar-refractivity contribution in [2.24, 2.45) is 0 Å². The van der Waals surface area contributed by atoms with E-state index in [0.29, 0.717) is 29.3 Å². The molecule has 1 fully saturated rings. The molecule has 6 heteroatoms. The predicted molar refractivity (Wildman–Crippen MR) is 104 cm³/mol. The summed E-state index contributed by atoms with van der Waals surface area (Å²) in [6, 6.07) is 16.5. The van der Waals surface area contributed by atoms with Crippen molar-refractivity contribution in [1.29, 1.82) is 0 Å². The topological polar surface area (TPSA) is 72.6 Å². The molecule has 1 saturated heterocycles. The highest BCUT2D eigenvalue weighted by Gasteiger charge is 2.22. The molecule has 1 amide bonds. The number of nitrogens with zero attached hydrogens (tertiary/aromatic N) is 2. The second-order valence-corrected chi connectivity index (χ2v) is 6.66. The fourth-order valence-electron chi connectivity index (χ4n) is 3.18. The van der Waals surface area contributed by atoms with Gasteiger partial charge < -0.3 is 14.1 Å². The van der Waals surface area contributed by atoms with E-state index >= 15 is 0 Å². The number of hydrogen-bond donors (Lipinski definition) is 0. The van der Waals surface area contributed by atoms with Gasteiger partial charge in [-0.3, -0.25) is 4.79 Å². The first-order valence-electron chi connectivity index (χ1n) is 9.21. The maximum atomic E-state index is 12.3. The Kier molecular flexibility index (Phi) is 4.93. The van der Waals surface area contributed by atoms with Crippen LogP contribution < -0.4 is 4.90 Å². The van der Waals surface area contributed by atoms with Crippen molar-refractivity contribution in [2.45, 2.75) is 26.4 Å². The van der Waals surface area contributed by atoms with E-state index in [9.17, 15) is 9.59 Å². The second-order valence-electron chi connectivity index (χ2n) is 6.66. The maximum Gasteiger partial charge on any atom is 0.338 e. The van der Waals surface area contributed by atoms with E-state index in [0.717, 1.165) is 24.2 Å². The Morgan fingerprint density at radius 3 is 2.57 bits per heavy atom. The summed E-state index contributed by atoms with van der Waals surface area (Å²) in [5, 5.41) is 0. The lowest BCUT2D eigenvalue weighted by atomic mass is 10.2. The highest BCUT2D eigenvalue weighted by Crippen LogP contribution is 2.23. The predicted octanol–water partition coefficient (Wildman–Crippen LogP) is 4.13. The number of hydrogen-bond acceptors (Lipinski definition) is 5. The summed E-state index contributed by atoms with van der Waals surface area (Å²) in [4.78, 5) is 30.3. The number of aryl methyl sites for hydroxylation is 1. The van der Waals surface area contributed by atoms with Gasteiger partial charge in [-0.15, -0.1) is 0 Å². The molecule has 2 aromatic carbocycles. The van der Waals surface area contributed by atoms with E-state index in [1.165, 1.54) is 0 Å². The van der Waals surface area contributed by atoms with E-state index in [1.807, 2.05) is 30.3 Å². The number of anilines is 1. The van der Waals surface area contributed by atoms with Gasteiger partial charge in [-0.05, 0) is 49.7 Å². The first kappa shape index (κ1) is 18.0. The third-order valence-corrected chi connectivity index (χ3v) is 4.74. The Bertz CT molecular complexity index is 993. The molecule has 28 heavy (non-hydrogen) atoms. The van der Waals surface area contributed by atoms with Crippen LogP contribution in [0.15, 0.2) is 59.0 Å². The van der Waals surface area contributed by atoms with E-state index in [2.05, 4.69) is 4.98 Å². The minimum absolute atomic E-state index is 0.0351. The monoisotopic (exact) mass is 376 g/mol. The summed E-state index contributed by atoms with van der Waals surface area (Å²) in [6.45, 7) is 2.55. The first-order chi connectivity index (χ1) is 13.6. The third-order valence-electron chi connectivity index (χ3n) is 4.74. The number of rotatable bonds is 5. The number of aromatic nitrogens is 1. The molecule has 0 N–H and O–H groups in total. The van der Waals surface area contributed by atoms with Gasteiger partial charge in [0.2, 0.25) is 11.8 Å². The van der Waals surface area contributed by atoms with Gasteiger partial charge in [0.1, 0.15) is 18.1 Å². The van der Waals surface area contributed by atoms with Crippen LogP contribution >= 0.6 is 0 Å². The molecule has 0 aliphatic carbocycles. The largest absolute Gasteiger partial charge is 0.455 e. The minimum atomic E-state index is -0.442. The van der Waals surface area contributed by atoms with E-state index in [1.54, 1.807) is 36.1 Å². The summed E-state index contributed by atoms with van der Waals surface area (Å²) in [7, 11) is 0. The van der Waals surface area contributed by atoms with Gasteiger partial charge in [-0.1, -0.05) is 18.2 Å². The molecule has 4 rings (SSSR count). The van der Waals surface area contributed by atoms with Gasteiger partial charge >= 0.3 is 5.97 Å². The van der Waals surface area contributed by atoms with Crippen LogP contribution in [0.25, 0.3) is 11.5 Å². The Balaban J connectivity index is 1.41. The number of carbonyl (C=O) groups is 2. The van der Waals surface area contributed by atoms with Crippen molar-refractivity contribution < 1.29 is 18.7 Å². The molecule has 2 heterocycles. The first-order valence-corrected chi connectivity index (χ1v) is 9.21. The molecule has 1 aromatic heterocycles. The Morgan fingerprint density at radius 1 is 1.14 bits per heavy atom. The molecular weight excluding hydrogens is 356 g/mol. The molecule has 0 atom stereocenters. The Hall–Kier alpha value is -3.41. The molecular formula is C22H20N2O4. The number of ether oxygens (including phenoxy) is 1. The van der Waals surface area contributed by atoms with Crippen LogP contribution in [0.3, 0.4) is 0 Å². The molecule has 0 unspecified atom stereocenters. The third kappa shape index (κ3) is 3.67. The average molecular weight is 376 g/mol. The summed E-state index contributed by atoms with van der Waals surface area (Å²) in [6.07, 6.45) is 1.44. The van der Waals surface area contributed by atoms with Crippen LogP contribution in [0.5, 0.6) is 0 Å². The summed E-state index contributed by atoms with van der Waals surface area (Å²) < 4.78 is 11.1. The Labute approximate surface area is 162 Å². The lowest BCUT2D eigenvalue weighted by Crippen LogP contribution is -2.23. The summed E-state index contributed by atoms with van der Waals surface area (Å²) >= 11 is 0. The number of oxazole rings is 1. The molecule has 0 spiro atoms. The van der Waals surface area contributed by atoms with Crippen molar-refractivity contribution in [3.8, 4) is 11.5 Å². The van der Waals surface area contributed by atoms with Crippen molar-refractivity contribution in [3.63, 3.8) is 0 Å². The highest BCUT2D eigenvalue weighted by atomic mass is 16.5. The van der Waals surface area contributed by atoms with Gasteiger partial charge in [0.05, 0.1) is 5.56 Å². The van der Waals surface area contributed by atoms with E-state index < -0.39 is 5.97 Å². The second kappa shape index (κ2) is 7.68. The lowest BCUT2D eigenvalue weighted by Gasteiger charge is -2.15. The Morgan fingerprint density at radius 2 is 1.89 bits per heavy atom. The molecule has 1 aliphatic heterocycles. The number of esters is 1. The van der Waals surface area contributed by atoms with Gasteiger partial charge in [0.25, 0.3) is 0 Å². The van der Waals surface area contributed by atoms with Crippen LogP contribution in [0.1, 0.15) is 34.7 Å². The molecule has 3 aromatic rings. The molecule has 6 nitrogen and oxygen atoms in total. The number of carbonyl (C=O) groups excluding carboxylic acids is 2. The zero-order valence-electron chi connectivity index (χ0n) is 15.6. The molecule has 0 bridgehead atoms. The number of amides is 1. The van der Waals surface area contributed by atoms with Crippen LogP contribution in [0, 0.1) is 6.92 Å². The zero-order valence-corrected chi connectivity index (χ0v) is 15.6. The number of benzene rings is 2. The molecule has 142 valence electrons. The van der Waals surface area contributed by atoms with Crippen molar-refractivity contribution in [3.05, 3.63) is 71.6 Å². The van der Waals surface area contributed by atoms with E-state index in [4.69, 9.17) is 9.15 Å². The quantitative estimate of drug-likeness (QED) is 0.626.